The molecule has 1 aromatic rings. The molecular weight excluding hydrogens is 342 g/mol. The molecule has 2 fully saturated rings. The minimum absolute atomic E-state index is 0.0851. The Hall–Kier alpha value is -2.37. The quantitative estimate of drug-likeness (QED) is 0.776. The van der Waals surface area contributed by atoms with E-state index in [2.05, 4.69) is 24.5 Å². The molecule has 1 saturated heterocycles. The molecule has 1 aromatic carbocycles. The number of carbonyl (C=O) groups excluding carboxylic acids is 3. The molecule has 3 rings (SSSR count). The molecule has 1 spiro atoms. The monoisotopic (exact) mass is 371 g/mol. The Morgan fingerprint density at radius 3 is 2.78 bits per heavy atom. The van der Waals surface area contributed by atoms with Gasteiger partial charge in [0.1, 0.15) is 12.1 Å². The third-order valence-corrected chi connectivity index (χ3v) is 6.18. The van der Waals surface area contributed by atoms with Crippen molar-refractivity contribution in [2.24, 2.45) is 5.92 Å². The number of nitrogens with zero attached hydrogens (tertiary/aromatic N) is 1. The number of nitrogens with one attached hydrogen (secondary N) is 2. The van der Waals surface area contributed by atoms with Gasteiger partial charge in [0.25, 0.3) is 5.91 Å². The number of rotatable bonds is 5. The van der Waals surface area contributed by atoms with E-state index in [0.717, 1.165) is 41.8 Å². The summed E-state index contributed by atoms with van der Waals surface area (Å²) >= 11 is 0. The maximum atomic E-state index is 13.0. The molecule has 1 saturated carbocycles. The van der Waals surface area contributed by atoms with Gasteiger partial charge in [-0.15, -0.1) is 0 Å². The highest BCUT2D eigenvalue weighted by molar-refractivity contribution is 6.10. The molecule has 0 aromatic heterocycles. The van der Waals surface area contributed by atoms with Crippen LogP contribution in [0, 0.1) is 5.92 Å². The summed E-state index contributed by atoms with van der Waals surface area (Å²) in [5.41, 5.74) is 0.970. The summed E-state index contributed by atoms with van der Waals surface area (Å²) in [6.07, 6.45) is 4.50. The van der Waals surface area contributed by atoms with Crippen molar-refractivity contribution in [1.29, 1.82) is 0 Å². The average Bonchev–Trinajstić information content (AvgIpc) is 2.89. The van der Waals surface area contributed by atoms with Crippen LogP contribution in [0.5, 0.6) is 0 Å². The Morgan fingerprint density at radius 2 is 2.07 bits per heavy atom. The van der Waals surface area contributed by atoms with Crippen LogP contribution in [0.15, 0.2) is 24.3 Å². The van der Waals surface area contributed by atoms with Crippen molar-refractivity contribution >= 4 is 23.5 Å². The Bertz CT molecular complexity index is 748. The zero-order valence-electron chi connectivity index (χ0n) is 16.4. The summed E-state index contributed by atoms with van der Waals surface area (Å²) in [5.74, 6) is -0.216. The van der Waals surface area contributed by atoms with Gasteiger partial charge in [-0.2, -0.15) is 0 Å². The van der Waals surface area contributed by atoms with Gasteiger partial charge in [-0.1, -0.05) is 51.8 Å². The zero-order valence-corrected chi connectivity index (χ0v) is 16.4. The lowest BCUT2D eigenvalue weighted by atomic mass is 9.73. The predicted molar refractivity (Wildman–Crippen MR) is 104 cm³/mol. The van der Waals surface area contributed by atoms with Crippen molar-refractivity contribution in [3.63, 3.8) is 0 Å². The molecule has 2 N–H and O–H groups in total. The second-order valence-electron chi connectivity index (χ2n) is 7.88. The predicted octanol–water partition coefficient (Wildman–Crippen LogP) is 3.64. The van der Waals surface area contributed by atoms with E-state index in [0.29, 0.717) is 12.3 Å². The van der Waals surface area contributed by atoms with Gasteiger partial charge in [0.05, 0.1) is 0 Å². The zero-order chi connectivity index (χ0) is 19.6. The molecule has 2 aliphatic rings. The normalized spacial score (nSPS) is 26.2. The summed E-state index contributed by atoms with van der Waals surface area (Å²) in [7, 11) is 0. The third-order valence-electron chi connectivity index (χ3n) is 6.18. The summed E-state index contributed by atoms with van der Waals surface area (Å²) in [6.45, 7) is 5.95. The van der Waals surface area contributed by atoms with Gasteiger partial charge < -0.3 is 10.6 Å². The summed E-state index contributed by atoms with van der Waals surface area (Å²) in [5, 5.41) is 5.77. The van der Waals surface area contributed by atoms with E-state index in [9.17, 15) is 14.4 Å². The van der Waals surface area contributed by atoms with Gasteiger partial charge >= 0.3 is 6.03 Å². The van der Waals surface area contributed by atoms with E-state index < -0.39 is 11.6 Å². The second kappa shape index (κ2) is 7.71. The lowest BCUT2D eigenvalue weighted by molar-refractivity contribution is -0.136. The number of urea groups is 1. The van der Waals surface area contributed by atoms with Gasteiger partial charge in [-0.25, -0.2) is 4.79 Å². The Labute approximate surface area is 160 Å². The molecule has 1 aliphatic carbocycles. The Morgan fingerprint density at radius 1 is 1.33 bits per heavy atom. The highest BCUT2D eigenvalue weighted by atomic mass is 16.2. The SMILES string of the molecule is CC[C@H](C)c1ccccc1NC(=O)CN1C(=O)N[C@]2(CCCC[C@@H]2C)C1=O. The smallest absolute Gasteiger partial charge is 0.324 e. The van der Waals surface area contributed by atoms with Crippen molar-refractivity contribution in [2.75, 3.05) is 11.9 Å². The maximum absolute atomic E-state index is 13.0. The Balaban J connectivity index is 1.72. The molecule has 1 aliphatic heterocycles. The number of carbonyl (C=O) groups is 3. The van der Waals surface area contributed by atoms with Crippen molar-refractivity contribution in [3.05, 3.63) is 29.8 Å². The average molecular weight is 371 g/mol. The fourth-order valence-corrected chi connectivity index (χ4v) is 4.23. The van der Waals surface area contributed by atoms with Gasteiger partial charge in [0.2, 0.25) is 5.91 Å². The molecular formula is C21H29N3O3. The van der Waals surface area contributed by atoms with Crippen molar-refractivity contribution in [2.45, 2.75) is 64.3 Å². The first-order chi connectivity index (χ1) is 12.9. The molecule has 6 heteroatoms. The maximum Gasteiger partial charge on any atom is 0.325 e. The molecule has 3 atom stereocenters. The minimum Gasteiger partial charge on any atom is -0.324 e. The number of amides is 4. The van der Waals surface area contributed by atoms with E-state index >= 15 is 0 Å². The van der Waals surface area contributed by atoms with E-state index in [-0.39, 0.29) is 24.3 Å². The van der Waals surface area contributed by atoms with Crippen LogP contribution in [-0.2, 0) is 9.59 Å². The second-order valence-corrected chi connectivity index (χ2v) is 7.88. The van der Waals surface area contributed by atoms with Crippen LogP contribution >= 0.6 is 0 Å². The summed E-state index contributed by atoms with van der Waals surface area (Å²) in [4.78, 5) is 39.1. The van der Waals surface area contributed by atoms with Crippen LogP contribution in [0.3, 0.4) is 0 Å². The number of imide groups is 1. The molecule has 146 valence electrons. The van der Waals surface area contributed by atoms with Crippen LogP contribution in [0.4, 0.5) is 10.5 Å². The molecule has 27 heavy (non-hydrogen) atoms. The van der Waals surface area contributed by atoms with Crippen LogP contribution in [0.25, 0.3) is 0 Å². The van der Waals surface area contributed by atoms with Crippen LogP contribution in [-0.4, -0.2) is 34.8 Å². The first-order valence-corrected chi connectivity index (χ1v) is 9.92. The lowest BCUT2D eigenvalue weighted by Crippen LogP contribution is -2.54. The van der Waals surface area contributed by atoms with Crippen molar-refractivity contribution in [3.8, 4) is 0 Å². The minimum atomic E-state index is -0.829. The number of hydrogen-bond donors (Lipinski definition) is 2. The van der Waals surface area contributed by atoms with E-state index in [1.54, 1.807) is 0 Å². The first kappa shape index (κ1) is 19.4. The topological polar surface area (TPSA) is 78.5 Å². The highest BCUT2D eigenvalue weighted by Crippen LogP contribution is 2.38. The highest BCUT2D eigenvalue weighted by Gasteiger charge is 2.55. The summed E-state index contributed by atoms with van der Waals surface area (Å²) < 4.78 is 0. The largest absolute Gasteiger partial charge is 0.325 e. The first-order valence-electron chi connectivity index (χ1n) is 9.92. The van der Waals surface area contributed by atoms with Crippen LogP contribution < -0.4 is 10.6 Å². The fourth-order valence-electron chi connectivity index (χ4n) is 4.23. The van der Waals surface area contributed by atoms with E-state index in [1.165, 1.54) is 0 Å². The molecule has 0 radical (unpaired) electrons. The van der Waals surface area contributed by atoms with Crippen LogP contribution in [0.1, 0.15) is 64.4 Å². The van der Waals surface area contributed by atoms with Crippen LogP contribution in [0.2, 0.25) is 0 Å². The van der Waals surface area contributed by atoms with Gasteiger partial charge in [-0.3, -0.25) is 14.5 Å². The standard InChI is InChI=1S/C21H29N3O3/c1-4-14(2)16-10-5-6-11-17(16)22-18(25)13-24-19(26)21(23-20(24)27)12-8-7-9-15(21)3/h5-6,10-11,14-15H,4,7-9,12-13H2,1-3H3,(H,22,25)(H,23,27)/t14-,15-,21-/m0/s1. The molecule has 4 amide bonds. The number of hydrogen-bond acceptors (Lipinski definition) is 3. The van der Waals surface area contributed by atoms with Crippen molar-refractivity contribution < 1.29 is 14.4 Å². The van der Waals surface area contributed by atoms with Crippen molar-refractivity contribution in [1.82, 2.24) is 10.2 Å². The van der Waals surface area contributed by atoms with Gasteiger partial charge in [-0.05, 0) is 42.7 Å². The molecule has 0 unspecified atom stereocenters. The van der Waals surface area contributed by atoms with E-state index in [1.807, 2.05) is 31.2 Å². The Kier molecular flexibility index (Phi) is 5.53. The number of anilines is 1. The van der Waals surface area contributed by atoms with Gasteiger partial charge in [0, 0.05) is 5.69 Å². The number of para-hydroxylation sites is 1. The molecule has 0 bridgehead atoms. The summed E-state index contributed by atoms with van der Waals surface area (Å²) in [6, 6.07) is 7.21. The van der Waals surface area contributed by atoms with E-state index in [4.69, 9.17) is 0 Å². The number of benzene rings is 1. The van der Waals surface area contributed by atoms with Gasteiger partial charge in [0.15, 0.2) is 0 Å². The lowest BCUT2D eigenvalue weighted by Gasteiger charge is -2.36. The molecule has 1 heterocycles. The fraction of sp³-hybridized carbons (Fsp3) is 0.571. The third kappa shape index (κ3) is 3.57. The molecule has 6 nitrogen and oxygen atoms in total.